The summed E-state index contributed by atoms with van der Waals surface area (Å²) in [5, 5.41) is 8.79. The molecular formula is C13H19NO2. The van der Waals surface area contributed by atoms with Crippen LogP contribution in [-0.2, 0) is 4.79 Å². The smallest absolute Gasteiger partial charge is 0.303 e. The number of aliphatic carboxylic acids is 1. The lowest BCUT2D eigenvalue weighted by Gasteiger charge is -2.26. The molecule has 1 aromatic carbocycles. The fourth-order valence-electron chi connectivity index (χ4n) is 1.89. The van der Waals surface area contributed by atoms with Crippen LogP contribution < -0.4 is 5.73 Å². The highest BCUT2D eigenvalue weighted by atomic mass is 16.4. The zero-order chi connectivity index (χ0) is 12.2. The summed E-state index contributed by atoms with van der Waals surface area (Å²) in [5.41, 5.74) is 6.84. The first-order valence-electron chi connectivity index (χ1n) is 5.43. The Morgan fingerprint density at radius 2 is 1.94 bits per heavy atom. The van der Waals surface area contributed by atoms with Crippen molar-refractivity contribution in [2.75, 3.05) is 0 Å². The molecule has 0 aliphatic rings. The van der Waals surface area contributed by atoms with E-state index in [2.05, 4.69) is 0 Å². The predicted molar refractivity (Wildman–Crippen MR) is 64.0 cm³/mol. The number of carboxylic acids is 1. The van der Waals surface area contributed by atoms with Crippen LogP contribution >= 0.6 is 0 Å². The maximum Gasteiger partial charge on any atom is 0.303 e. The van der Waals surface area contributed by atoms with E-state index in [-0.39, 0.29) is 17.9 Å². The third-order valence-corrected chi connectivity index (χ3v) is 2.63. The second-order valence-electron chi connectivity index (χ2n) is 4.96. The molecule has 3 heteroatoms. The average Bonchev–Trinajstić information content (AvgIpc) is 2.16. The largest absolute Gasteiger partial charge is 0.481 e. The van der Waals surface area contributed by atoms with Gasteiger partial charge in [0, 0.05) is 6.04 Å². The van der Waals surface area contributed by atoms with E-state index in [1.54, 1.807) is 0 Å². The maximum absolute atomic E-state index is 10.7. The lowest BCUT2D eigenvalue weighted by atomic mass is 9.81. The van der Waals surface area contributed by atoms with Crippen LogP contribution in [0.5, 0.6) is 0 Å². The Morgan fingerprint density at radius 3 is 2.44 bits per heavy atom. The summed E-state index contributed by atoms with van der Waals surface area (Å²) >= 11 is 0. The molecule has 1 unspecified atom stereocenters. The molecule has 0 radical (unpaired) electrons. The molecule has 0 aliphatic heterocycles. The van der Waals surface area contributed by atoms with Gasteiger partial charge in [-0.25, -0.2) is 0 Å². The van der Waals surface area contributed by atoms with Gasteiger partial charge in [-0.15, -0.1) is 0 Å². The minimum absolute atomic E-state index is 0.101. The quantitative estimate of drug-likeness (QED) is 0.803. The normalized spacial score (nSPS) is 13.4. The molecule has 0 spiro atoms. The SMILES string of the molecule is CC(C)(CC(=O)O)CC(N)c1ccccc1. The van der Waals surface area contributed by atoms with Crippen molar-refractivity contribution in [3.63, 3.8) is 0 Å². The highest BCUT2D eigenvalue weighted by Gasteiger charge is 2.25. The Balaban J connectivity index is 2.64. The maximum atomic E-state index is 10.7. The van der Waals surface area contributed by atoms with Crippen molar-refractivity contribution >= 4 is 5.97 Å². The molecule has 88 valence electrons. The second-order valence-corrected chi connectivity index (χ2v) is 4.96. The molecule has 0 bridgehead atoms. The van der Waals surface area contributed by atoms with Crippen molar-refractivity contribution in [1.29, 1.82) is 0 Å². The standard InChI is InChI=1S/C13H19NO2/c1-13(2,9-12(15)16)8-11(14)10-6-4-3-5-7-10/h3-7,11H,8-9,14H2,1-2H3,(H,15,16). The molecule has 1 aromatic rings. The number of carboxylic acid groups (broad SMARTS) is 1. The molecule has 0 amide bonds. The molecule has 0 heterocycles. The third kappa shape index (κ3) is 4.03. The number of hydrogen-bond donors (Lipinski definition) is 2. The third-order valence-electron chi connectivity index (χ3n) is 2.63. The number of rotatable bonds is 5. The van der Waals surface area contributed by atoms with E-state index >= 15 is 0 Å². The van der Waals surface area contributed by atoms with E-state index in [1.165, 1.54) is 0 Å². The summed E-state index contributed by atoms with van der Waals surface area (Å²) in [7, 11) is 0. The van der Waals surface area contributed by atoms with Gasteiger partial charge >= 0.3 is 5.97 Å². The van der Waals surface area contributed by atoms with Crippen LogP contribution in [0.15, 0.2) is 30.3 Å². The monoisotopic (exact) mass is 221 g/mol. The average molecular weight is 221 g/mol. The van der Waals surface area contributed by atoms with Gasteiger partial charge in [0.2, 0.25) is 0 Å². The molecule has 16 heavy (non-hydrogen) atoms. The highest BCUT2D eigenvalue weighted by Crippen LogP contribution is 2.31. The molecular weight excluding hydrogens is 202 g/mol. The van der Waals surface area contributed by atoms with Crippen molar-refractivity contribution < 1.29 is 9.90 Å². The van der Waals surface area contributed by atoms with Gasteiger partial charge in [0.15, 0.2) is 0 Å². The van der Waals surface area contributed by atoms with Crippen LogP contribution in [-0.4, -0.2) is 11.1 Å². The summed E-state index contributed by atoms with van der Waals surface area (Å²) in [4.78, 5) is 10.7. The fraction of sp³-hybridized carbons (Fsp3) is 0.462. The lowest BCUT2D eigenvalue weighted by Crippen LogP contribution is -2.24. The van der Waals surface area contributed by atoms with Gasteiger partial charge in [-0.3, -0.25) is 4.79 Å². The van der Waals surface area contributed by atoms with Crippen molar-refractivity contribution in [1.82, 2.24) is 0 Å². The summed E-state index contributed by atoms with van der Waals surface area (Å²) < 4.78 is 0. The number of carbonyl (C=O) groups is 1. The van der Waals surface area contributed by atoms with Gasteiger partial charge < -0.3 is 10.8 Å². The highest BCUT2D eigenvalue weighted by molar-refractivity contribution is 5.67. The Bertz CT molecular complexity index is 346. The van der Waals surface area contributed by atoms with E-state index in [9.17, 15) is 4.79 Å². The zero-order valence-electron chi connectivity index (χ0n) is 9.81. The van der Waals surface area contributed by atoms with Gasteiger partial charge in [-0.1, -0.05) is 44.2 Å². The molecule has 0 fully saturated rings. The topological polar surface area (TPSA) is 63.3 Å². The summed E-state index contributed by atoms with van der Waals surface area (Å²) in [6.45, 7) is 3.87. The molecule has 1 atom stereocenters. The summed E-state index contributed by atoms with van der Waals surface area (Å²) in [5.74, 6) is -0.773. The molecule has 0 saturated carbocycles. The van der Waals surface area contributed by atoms with Crippen LogP contribution in [0.3, 0.4) is 0 Å². The van der Waals surface area contributed by atoms with E-state index in [0.717, 1.165) is 5.56 Å². The fourth-order valence-corrected chi connectivity index (χ4v) is 1.89. The van der Waals surface area contributed by atoms with Gasteiger partial charge in [0.25, 0.3) is 0 Å². The van der Waals surface area contributed by atoms with Crippen LogP contribution in [0.2, 0.25) is 0 Å². The molecule has 0 aliphatic carbocycles. The van der Waals surface area contributed by atoms with Crippen molar-refractivity contribution in [2.24, 2.45) is 11.1 Å². The molecule has 0 saturated heterocycles. The Kier molecular flexibility index (Phi) is 4.07. The Hall–Kier alpha value is -1.35. The van der Waals surface area contributed by atoms with Gasteiger partial charge in [0.1, 0.15) is 0 Å². The molecule has 3 nitrogen and oxygen atoms in total. The Morgan fingerprint density at radius 1 is 1.38 bits per heavy atom. The predicted octanol–water partition coefficient (Wildman–Crippen LogP) is 2.58. The van der Waals surface area contributed by atoms with Gasteiger partial charge in [-0.2, -0.15) is 0 Å². The summed E-state index contributed by atoms with van der Waals surface area (Å²) in [6.07, 6.45) is 0.816. The lowest BCUT2D eigenvalue weighted by molar-refractivity contribution is -0.139. The van der Waals surface area contributed by atoms with Crippen molar-refractivity contribution in [2.45, 2.75) is 32.7 Å². The number of nitrogens with two attached hydrogens (primary N) is 1. The van der Waals surface area contributed by atoms with E-state index in [4.69, 9.17) is 10.8 Å². The van der Waals surface area contributed by atoms with Gasteiger partial charge in [-0.05, 0) is 17.4 Å². The van der Waals surface area contributed by atoms with E-state index < -0.39 is 5.97 Å². The van der Waals surface area contributed by atoms with Crippen LogP contribution in [0.4, 0.5) is 0 Å². The van der Waals surface area contributed by atoms with Crippen molar-refractivity contribution in [3.05, 3.63) is 35.9 Å². The first-order valence-corrected chi connectivity index (χ1v) is 5.43. The molecule has 1 rings (SSSR count). The zero-order valence-corrected chi connectivity index (χ0v) is 9.81. The number of hydrogen-bond acceptors (Lipinski definition) is 2. The summed E-state index contributed by atoms with van der Waals surface area (Å²) in [6, 6.07) is 9.68. The number of benzene rings is 1. The van der Waals surface area contributed by atoms with Crippen LogP contribution in [0.25, 0.3) is 0 Å². The van der Waals surface area contributed by atoms with Crippen LogP contribution in [0.1, 0.15) is 38.3 Å². The van der Waals surface area contributed by atoms with Crippen molar-refractivity contribution in [3.8, 4) is 0 Å². The molecule has 3 N–H and O–H groups in total. The Labute approximate surface area is 96.3 Å². The first-order chi connectivity index (χ1) is 7.41. The minimum Gasteiger partial charge on any atom is -0.481 e. The second kappa shape index (κ2) is 5.12. The van der Waals surface area contributed by atoms with Gasteiger partial charge in [0.05, 0.1) is 6.42 Å². The molecule has 0 aromatic heterocycles. The first kappa shape index (κ1) is 12.7. The van der Waals surface area contributed by atoms with Crippen LogP contribution in [0, 0.1) is 5.41 Å². The van der Waals surface area contributed by atoms with E-state index in [1.807, 2.05) is 44.2 Å². The van der Waals surface area contributed by atoms with E-state index in [0.29, 0.717) is 6.42 Å². The minimum atomic E-state index is -0.773.